The summed E-state index contributed by atoms with van der Waals surface area (Å²) in [5, 5.41) is 12.8. The molecule has 84 valence electrons. The number of rotatable bonds is 4. The molecule has 1 aromatic heterocycles. The van der Waals surface area contributed by atoms with E-state index in [9.17, 15) is 0 Å². The Morgan fingerprint density at radius 3 is 2.69 bits per heavy atom. The molecule has 0 radical (unpaired) electrons. The van der Waals surface area contributed by atoms with Gasteiger partial charge in [-0.15, -0.1) is 0 Å². The van der Waals surface area contributed by atoms with E-state index in [4.69, 9.17) is 9.84 Å². The molecule has 1 aromatic carbocycles. The molecule has 0 spiro atoms. The van der Waals surface area contributed by atoms with Crippen molar-refractivity contribution < 1.29 is 9.84 Å². The summed E-state index contributed by atoms with van der Waals surface area (Å²) in [7, 11) is 0. The van der Waals surface area contributed by atoms with Crippen LogP contribution in [-0.4, -0.2) is 21.5 Å². The molecule has 1 N–H and O–H groups in total. The summed E-state index contributed by atoms with van der Waals surface area (Å²) in [6.45, 7) is 0.556. The molecule has 0 saturated carbocycles. The topological polar surface area (TPSA) is 47.3 Å². The molecular formula is C11H11IN2O2. The van der Waals surface area contributed by atoms with Gasteiger partial charge in [-0.2, -0.15) is 5.10 Å². The van der Waals surface area contributed by atoms with E-state index in [1.165, 1.54) is 3.57 Å². The molecule has 0 amide bonds. The van der Waals surface area contributed by atoms with Crippen molar-refractivity contribution in [3.63, 3.8) is 0 Å². The Morgan fingerprint density at radius 2 is 2.00 bits per heavy atom. The molecule has 0 aliphatic rings. The van der Waals surface area contributed by atoms with Crippen LogP contribution in [0, 0.1) is 3.57 Å². The summed E-state index contributed by atoms with van der Waals surface area (Å²) in [6, 6.07) is 7.78. The Hall–Kier alpha value is -1.08. The van der Waals surface area contributed by atoms with Gasteiger partial charge >= 0.3 is 0 Å². The third-order valence-corrected chi connectivity index (χ3v) is 2.71. The van der Waals surface area contributed by atoms with Gasteiger partial charge in [-0.3, -0.25) is 4.68 Å². The highest BCUT2D eigenvalue weighted by molar-refractivity contribution is 14.1. The highest BCUT2D eigenvalue weighted by atomic mass is 127. The monoisotopic (exact) mass is 330 g/mol. The van der Waals surface area contributed by atoms with Crippen LogP contribution in [-0.2, 0) is 6.54 Å². The highest BCUT2D eigenvalue weighted by Crippen LogP contribution is 2.21. The zero-order valence-electron chi connectivity index (χ0n) is 8.51. The van der Waals surface area contributed by atoms with Crippen molar-refractivity contribution in [1.82, 2.24) is 9.78 Å². The zero-order valence-corrected chi connectivity index (χ0v) is 10.7. The lowest BCUT2D eigenvalue weighted by molar-refractivity contribution is 0.269. The minimum Gasteiger partial charge on any atom is -0.454 e. The van der Waals surface area contributed by atoms with Crippen molar-refractivity contribution in [3.8, 4) is 11.5 Å². The van der Waals surface area contributed by atoms with Crippen molar-refractivity contribution in [2.24, 2.45) is 0 Å². The van der Waals surface area contributed by atoms with Crippen molar-refractivity contribution in [2.75, 3.05) is 6.61 Å². The molecule has 16 heavy (non-hydrogen) atoms. The first-order chi connectivity index (χ1) is 7.78. The molecule has 0 aliphatic heterocycles. The molecule has 1 heterocycles. The second-order valence-electron chi connectivity index (χ2n) is 3.22. The van der Waals surface area contributed by atoms with E-state index in [1.807, 2.05) is 24.3 Å². The number of aromatic nitrogens is 2. The van der Waals surface area contributed by atoms with Crippen molar-refractivity contribution in [2.45, 2.75) is 6.54 Å². The van der Waals surface area contributed by atoms with Gasteiger partial charge in [-0.1, -0.05) is 0 Å². The summed E-state index contributed by atoms with van der Waals surface area (Å²) in [5.41, 5.74) is 0. The Bertz CT molecular complexity index is 453. The smallest absolute Gasteiger partial charge is 0.165 e. The zero-order chi connectivity index (χ0) is 11.4. The van der Waals surface area contributed by atoms with E-state index >= 15 is 0 Å². The number of ether oxygens (including phenoxy) is 1. The van der Waals surface area contributed by atoms with Crippen molar-refractivity contribution in [3.05, 3.63) is 40.2 Å². The molecule has 0 atom stereocenters. The van der Waals surface area contributed by atoms with Crippen LogP contribution < -0.4 is 4.74 Å². The van der Waals surface area contributed by atoms with Crippen LogP contribution in [0.2, 0.25) is 0 Å². The first-order valence-corrected chi connectivity index (χ1v) is 5.92. The van der Waals surface area contributed by atoms with Crippen LogP contribution in [0.4, 0.5) is 0 Å². The van der Waals surface area contributed by atoms with Gasteiger partial charge in [0.25, 0.3) is 0 Å². The lowest BCUT2D eigenvalue weighted by Crippen LogP contribution is -2.01. The molecule has 2 aromatic rings. The molecule has 0 unspecified atom stereocenters. The SMILES string of the molecule is OCCn1cc(Oc2ccc(I)cc2)cn1. The number of aliphatic hydroxyl groups excluding tert-OH is 1. The van der Waals surface area contributed by atoms with E-state index in [0.29, 0.717) is 12.3 Å². The Balaban J connectivity index is 2.05. The van der Waals surface area contributed by atoms with Gasteiger partial charge in [0.05, 0.1) is 25.5 Å². The Kier molecular flexibility index (Phi) is 3.79. The van der Waals surface area contributed by atoms with Gasteiger partial charge in [-0.25, -0.2) is 0 Å². The van der Waals surface area contributed by atoms with Gasteiger partial charge in [0.2, 0.25) is 0 Å². The quantitative estimate of drug-likeness (QED) is 0.875. The average Bonchev–Trinajstić information content (AvgIpc) is 2.70. The van der Waals surface area contributed by atoms with Crippen LogP contribution in [0.3, 0.4) is 0 Å². The van der Waals surface area contributed by atoms with E-state index in [1.54, 1.807) is 17.1 Å². The second-order valence-corrected chi connectivity index (χ2v) is 4.46. The first-order valence-electron chi connectivity index (χ1n) is 4.84. The first kappa shape index (κ1) is 11.4. The van der Waals surface area contributed by atoms with E-state index in [-0.39, 0.29) is 6.61 Å². The van der Waals surface area contributed by atoms with E-state index in [2.05, 4.69) is 27.7 Å². The van der Waals surface area contributed by atoms with Crippen LogP contribution in [0.25, 0.3) is 0 Å². The van der Waals surface area contributed by atoms with Gasteiger partial charge < -0.3 is 9.84 Å². The lowest BCUT2D eigenvalue weighted by atomic mass is 10.3. The van der Waals surface area contributed by atoms with Crippen molar-refractivity contribution >= 4 is 22.6 Å². The van der Waals surface area contributed by atoms with Crippen LogP contribution >= 0.6 is 22.6 Å². The standard InChI is InChI=1S/C11H11IN2O2/c12-9-1-3-10(4-2-9)16-11-7-13-14(8-11)5-6-15/h1-4,7-8,15H,5-6H2. The summed E-state index contributed by atoms with van der Waals surface area (Å²) >= 11 is 2.24. The maximum absolute atomic E-state index is 8.75. The fourth-order valence-corrected chi connectivity index (χ4v) is 1.62. The van der Waals surface area contributed by atoms with Gasteiger partial charge in [0, 0.05) is 3.57 Å². The molecule has 4 nitrogen and oxygen atoms in total. The van der Waals surface area contributed by atoms with E-state index in [0.717, 1.165) is 5.75 Å². The summed E-state index contributed by atoms with van der Waals surface area (Å²) in [4.78, 5) is 0. The summed E-state index contributed by atoms with van der Waals surface area (Å²) in [6.07, 6.45) is 3.39. The molecule has 0 saturated heterocycles. The molecule has 0 aliphatic carbocycles. The second kappa shape index (κ2) is 5.31. The fraction of sp³-hybridized carbons (Fsp3) is 0.182. The Morgan fingerprint density at radius 1 is 1.25 bits per heavy atom. The lowest BCUT2D eigenvalue weighted by Gasteiger charge is -2.01. The predicted molar refractivity (Wildman–Crippen MR) is 68.5 cm³/mol. The van der Waals surface area contributed by atoms with Crippen LogP contribution in [0.5, 0.6) is 11.5 Å². The van der Waals surface area contributed by atoms with E-state index < -0.39 is 0 Å². The molecule has 0 bridgehead atoms. The predicted octanol–water partition coefficient (Wildman–Crippen LogP) is 2.27. The number of hydrogen-bond donors (Lipinski definition) is 1. The average molecular weight is 330 g/mol. The highest BCUT2D eigenvalue weighted by Gasteiger charge is 2.00. The molecule has 5 heteroatoms. The third-order valence-electron chi connectivity index (χ3n) is 1.99. The minimum absolute atomic E-state index is 0.0741. The van der Waals surface area contributed by atoms with Gasteiger partial charge in [-0.05, 0) is 46.9 Å². The largest absolute Gasteiger partial charge is 0.454 e. The minimum atomic E-state index is 0.0741. The number of aliphatic hydroxyl groups is 1. The number of nitrogens with zero attached hydrogens (tertiary/aromatic N) is 2. The maximum atomic E-state index is 8.75. The summed E-state index contributed by atoms with van der Waals surface area (Å²) < 4.78 is 8.40. The number of halogens is 1. The Labute approximate surface area is 107 Å². The van der Waals surface area contributed by atoms with Crippen molar-refractivity contribution in [1.29, 1.82) is 0 Å². The normalized spacial score (nSPS) is 10.4. The van der Waals surface area contributed by atoms with Gasteiger partial charge in [0.15, 0.2) is 5.75 Å². The fourth-order valence-electron chi connectivity index (χ4n) is 1.26. The molecular weight excluding hydrogens is 319 g/mol. The number of benzene rings is 1. The number of hydrogen-bond acceptors (Lipinski definition) is 3. The maximum Gasteiger partial charge on any atom is 0.165 e. The van der Waals surface area contributed by atoms with Gasteiger partial charge in [0.1, 0.15) is 5.75 Å². The third kappa shape index (κ3) is 2.96. The molecule has 0 fully saturated rings. The molecule has 2 rings (SSSR count). The summed E-state index contributed by atoms with van der Waals surface area (Å²) in [5.74, 6) is 1.46. The van der Waals surface area contributed by atoms with Crippen LogP contribution in [0.15, 0.2) is 36.7 Å². The van der Waals surface area contributed by atoms with Crippen LogP contribution in [0.1, 0.15) is 0 Å².